The summed E-state index contributed by atoms with van der Waals surface area (Å²) in [6.45, 7) is 0. The second-order valence-electron chi connectivity index (χ2n) is 5.15. The minimum absolute atomic E-state index is 0.0961. The second-order valence-corrected chi connectivity index (χ2v) is 5.15. The maximum atomic E-state index is 12.3. The number of nitrogens with zero attached hydrogens (tertiary/aromatic N) is 4. The molecule has 0 spiro atoms. The van der Waals surface area contributed by atoms with E-state index in [0.29, 0.717) is 17.7 Å². The molecule has 0 aliphatic heterocycles. The van der Waals surface area contributed by atoms with E-state index in [1.54, 1.807) is 7.05 Å². The largest absolute Gasteiger partial charge is 0.494 e. The summed E-state index contributed by atoms with van der Waals surface area (Å²) in [7, 11) is 3.07. The molecular weight excluding hydrogens is 310 g/mol. The van der Waals surface area contributed by atoms with Gasteiger partial charge in [0, 0.05) is 7.05 Å². The Morgan fingerprint density at radius 1 is 1.42 bits per heavy atom. The summed E-state index contributed by atoms with van der Waals surface area (Å²) in [5.41, 5.74) is 20.0. The molecule has 0 saturated carbocycles. The molecule has 9 nitrogen and oxygen atoms in total. The number of ether oxygens (including phenoxy) is 1. The van der Waals surface area contributed by atoms with Gasteiger partial charge in [-0.3, -0.25) is 4.79 Å². The topological polar surface area (TPSA) is 145 Å². The highest BCUT2D eigenvalue weighted by atomic mass is 16.5. The lowest BCUT2D eigenvalue weighted by Gasteiger charge is -2.12. The predicted molar refractivity (Wildman–Crippen MR) is 89.9 cm³/mol. The van der Waals surface area contributed by atoms with E-state index >= 15 is 0 Å². The van der Waals surface area contributed by atoms with E-state index in [2.05, 4.69) is 15.4 Å². The third kappa shape index (κ3) is 3.63. The Kier molecular flexibility index (Phi) is 5.38. The maximum absolute atomic E-state index is 12.3. The number of aromatic nitrogens is 2. The third-order valence-electron chi connectivity index (χ3n) is 3.57. The van der Waals surface area contributed by atoms with Crippen LogP contribution >= 0.6 is 0 Å². The third-order valence-corrected chi connectivity index (χ3v) is 3.57. The first-order chi connectivity index (χ1) is 11.5. The number of aryl methyl sites for hydroxylation is 1. The Morgan fingerprint density at radius 3 is 2.67 bits per heavy atom. The Balaban J connectivity index is 2.31. The fraction of sp³-hybridized carbons (Fsp3) is 0.267. The van der Waals surface area contributed by atoms with Gasteiger partial charge >= 0.3 is 0 Å². The maximum Gasteiger partial charge on any atom is 0.278 e. The standard InChI is InChI=1S/C15H19N7O2/c1-22-15(23)13(12(24-2)8-19-22)10-5-3-9(4-6-10)7-11(16)14(17)20-21-18/h3-6,8,11H,7,16H2,1-2H3,(H3,17,18,20)/t11-/m0/s1. The summed E-state index contributed by atoms with van der Waals surface area (Å²) < 4.78 is 6.49. The van der Waals surface area contributed by atoms with Crippen LogP contribution in [-0.4, -0.2) is 28.8 Å². The van der Waals surface area contributed by atoms with Crippen LogP contribution in [0.5, 0.6) is 5.75 Å². The number of hydrogen-bond acceptors (Lipinski definition) is 6. The summed E-state index contributed by atoms with van der Waals surface area (Å²) in [6.07, 6.45) is 1.94. The zero-order valence-electron chi connectivity index (χ0n) is 13.4. The summed E-state index contributed by atoms with van der Waals surface area (Å²) in [6, 6.07) is 6.78. The van der Waals surface area contributed by atoms with Crippen molar-refractivity contribution in [1.29, 1.82) is 5.53 Å². The number of benzene rings is 1. The second kappa shape index (κ2) is 7.47. The number of nitrogens with two attached hydrogens (primary N) is 2. The van der Waals surface area contributed by atoms with E-state index in [1.165, 1.54) is 18.0 Å². The molecule has 1 aromatic carbocycles. The average Bonchev–Trinajstić information content (AvgIpc) is 2.58. The zero-order chi connectivity index (χ0) is 17.7. The van der Waals surface area contributed by atoms with Crippen LogP contribution in [0.15, 0.2) is 45.6 Å². The first kappa shape index (κ1) is 17.3. The van der Waals surface area contributed by atoms with Gasteiger partial charge in [0.25, 0.3) is 5.56 Å². The van der Waals surface area contributed by atoms with Gasteiger partial charge in [-0.2, -0.15) is 10.6 Å². The molecule has 0 fully saturated rings. The van der Waals surface area contributed by atoms with Crippen LogP contribution < -0.4 is 21.8 Å². The van der Waals surface area contributed by atoms with E-state index in [4.69, 9.17) is 21.7 Å². The van der Waals surface area contributed by atoms with Crippen molar-refractivity contribution in [3.8, 4) is 16.9 Å². The first-order valence-electron chi connectivity index (χ1n) is 7.13. The molecule has 9 heteroatoms. The smallest absolute Gasteiger partial charge is 0.278 e. The van der Waals surface area contributed by atoms with Gasteiger partial charge in [0.05, 0.1) is 24.9 Å². The Labute approximate surface area is 138 Å². The fourth-order valence-corrected chi connectivity index (χ4v) is 2.24. The van der Waals surface area contributed by atoms with Gasteiger partial charge in [0.1, 0.15) is 5.84 Å². The van der Waals surface area contributed by atoms with E-state index in [0.717, 1.165) is 11.1 Å². The van der Waals surface area contributed by atoms with Crippen LogP contribution in [0.25, 0.3) is 11.1 Å². The lowest BCUT2D eigenvalue weighted by atomic mass is 10.0. The molecule has 0 aliphatic rings. The molecule has 24 heavy (non-hydrogen) atoms. The van der Waals surface area contributed by atoms with Crippen LogP contribution in [0.4, 0.5) is 0 Å². The molecular formula is C15H19N7O2. The van der Waals surface area contributed by atoms with Crippen molar-refractivity contribution in [2.45, 2.75) is 12.5 Å². The Morgan fingerprint density at radius 2 is 2.08 bits per heavy atom. The van der Waals surface area contributed by atoms with Crippen molar-refractivity contribution >= 4 is 5.84 Å². The van der Waals surface area contributed by atoms with E-state index in [-0.39, 0.29) is 11.4 Å². The van der Waals surface area contributed by atoms with Gasteiger partial charge in [-0.05, 0) is 17.5 Å². The van der Waals surface area contributed by atoms with Crippen LogP contribution in [0.3, 0.4) is 0 Å². The van der Waals surface area contributed by atoms with Gasteiger partial charge in [0.2, 0.25) is 0 Å². The zero-order valence-corrected chi connectivity index (χ0v) is 13.4. The molecule has 0 bridgehead atoms. The quantitative estimate of drug-likeness (QED) is 0.308. The van der Waals surface area contributed by atoms with Crippen LogP contribution in [0.1, 0.15) is 5.56 Å². The fourth-order valence-electron chi connectivity index (χ4n) is 2.24. The highest BCUT2D eigenvalue weighted by Gasteiger charge is 2.14. The molecule has 0 unspecified atom stereocenters. The van der Waals surface area contributed by atoms with Crippen LogP contribution in [-0.2, 0) is 13.5 Å². The molecule has 0 saturated heterocycles. The first-order valence-corrected chi connectivity index (χ1v) is 7.13. The van der Waals surface area contributed by atoms with Crippen molar-refractivity contribution < 1.29 is 4.74 Å². The number of amidine groups is 1. The number of hydrogen-bond donors (Lipinski definition) is 3. The van der Waals surface area contributed by atoms with Gasteiger partial charge in [-0.25, -0.2) is 4.68 Å². The van der Waals surface area contributed by atoms with Crippen molar-refractivity contribution in [3.63, 3.8) is 0 Å². The van der Waals surface area contributed by atoms with E-state index in [9.17, 15) is 4.79 Å². The van der Waals surface area contributed by atoms with Crippen molar-refractivity contribution in [1.82, 2.24) is 9.78 Å². The lowest BCUT2D eigenvalue weighted by Crippen LogP contribution is -2.38. The normalized spacial score (nSPS) is 12.7. The summed E-state index contributed by atoms with van der Waals surface area (Å²) >= 11 is 0. The van der Waals surface area contributed by atoms with E-state index < -0.39 is 6.04 Å². The molecule has 0 amide bonds. The molecule has 1 aromatic heterocycles. The van der Waals surface area contributed by atoms with E-state index in [1.807, 2.05) is 24.3 Å². The van der Waals surface area contributed by atoms with Gasteiger partial charge in [-0.15, -0.1) is 5.10 Å². The van der Waals surface area contributed by atoms with Gasteiger partial charge in [0.15, 0.2) is 5.75 Å². The average molecular weight is 329 g/mol. The summed E-state index contributed by atoms with van der Waals surface area (Å²) in [5, 5.41) is 10.2. The molecule has 1 heterocycles. The highest BCUT2D eigenvalue weighted by molar-refractivity contribution is 5.85. The van der Waals surface area contributed by atoms with Gasteiger partial charge in [-0.1, -0.05) is 29.5 Å². The molecule has 2 aromatic rings. The highest BCUT2D eigenvalue weighted by Crippen LogP contribution is 2.25. The number of rotatable bonds is 6. The minimum atomic E-state index is -0.534. The minimum Gasteiger partial charge on any atom is -0.494 e. The molecule has 2 rings (SSSR count). The van der Waals surface area contributed by atoms with Crippen molar-refractivity contribution in [2.24, 2.45) is 28.8 Å². The SMILES string of the molecule is COc1cnn(C)c(=O)c1-c1ccc(C[C@H](N)C(N)=NN=N)cc1. The van der Waals surface area contributed by atoms with Crippen molar-refractivity contribution in [3.05, 3.63) is 46.4 Å². The Bertz CT molecular complexity index is 812. The molecule has 126 valence electrons. The molecule has 5 N–H and O–H groups in total. The number of methoxy groups -OCH3 is 1. The van der Waals surface area contributed by atoms with Crippen LogP contribution in [0, 0.1) is 5.53 Å². The lowest BCUT2D eigenvalue weighted by molar-refractivity contribution is 0.410. The van der Waals surface area contributed by atoms with Gasteiger partial charge < -0.3 is 16.2 Å². The Hall–Kier alpha value is -3.07. The van der Waals surface area contributed by atoms with Crippen LogP contribution in [0.2, 0.25) is 0 Å². The summed E-state index contributed by atoms with van der Waals surface area (Å²) in [4.78, 5) is 12.3. The molecule has 0 radical (unpaired) electrons. The summed E-state index contributed by atoms with van der Waals surface area (Å²) in [5.74, 6) is 0.509. The molecule has 1 atom stereocenters. The number of nitrogens with one attached hydrogen (secondary N) is 1. The predicted octanol–water partition coefficient (Wildman–Crippen LogP) is 0.629. The molecule has 0 aliphatic carbocycles. The van der Waals surface area contributed by atoms with Crippen molar-refractivity contribution in [2.75, 3.05) is 7.11 Å². The monoisotopic (exact) mass is 329 g/mol.